The lowest BCUT2D eigenvalue weighted by Gasteiger charge is -2.38. The van der Waals surface area contributed by atoms with Crippen molar-refractivity contribution in [2.24, 2.45) is 5.73 Å². The number of carbonyl (C=O) groups excluding carboxylic acids is 1. The highest BCUT2D eigenvalue weighted by Gasteiger charge is 2.29. The maximum absolute atomic E-state index is 12.6. The molecule has 1 aromatic rings. The summed E-state index contributed by atoms with van der Waals surface area (Å²) in [5.41, 5.74) is 6.66. The van der Waals surface area contributed by atoms with E-state index in [-0.39, 0.29) is 18.0 Å². The van der Waals surface area contributed by atoms with Crippen molar-refractivity contribution in [2.75, 3.05) is 25.5 Å². The molecule has 0 aliphatic carbocycles. The first-order valence-electron chi connectivity index (χ1n) is 7.20. The molecule has 0 aromatic carbocycles. The van der Waals surface area contributed by atoms with Crippen molar-refractivity contribution in [1.29, 1.82) is 0 Å². The number of pyridine rings is 1. The maximum Gasteiger partial charge on any atom is 0.255 e. The van der Waals surface area contributed by atoms with E-state index in [9.17, 15) is 4.79 Å². The predicted molar refractivity (Wildman–Crippen MR) is 80.9 cm³/mol. The minimum atomic E-state index is 0.00765. The molecular weight excluding hydrogens is 252 g/mol. The number of hydrogen-bond donors (Lipinski definition) is 1. The summed E-state index contributed by atoms with van der Waals surface area (Å²) in [5.74, 6) is 0.897. The third-order valence-corrected chi connectivity index (χ3v) is 3.87. The minimum absolute atomic E-state index is 0.00765. The van der Waals surface area contributed by atoms with E-state index in [2.05, 4.69) is 4.98 Å². The van der Waals surface area contributed by atoms with E-state index in [0.29, 0.717) is 5.56 Å². The summed E-state index contributed by atoms with van der Waals surface area (Å²) in [6.07, 6.45) is 4.85. The lowest BCUT2D eigenvalue weighted by molar-refractivity contribution is 0.0583. The molecule has 0 saturated carbocycles. The largest absolute Gasteiger partial charge is 0.363 e. The van der Waals surface area contributed by atoms with Gasteiger partial charge in [-0.15, -0.1) is 0 Å². The van der Waals surface area contributed by atoms with Crippen LogP contribution in [0.3, 0.4) is 0 Å². The SMILES string of the molecule is C[C@H](N)[C@@H]1CCCCN1C(=O)c1ccc(N(C)C)nc1. The average Bonchev–Trinajstić information content (AvgIpc) is 2.46. The monoisotopic (exact) mass is 276 g/mol. The van der Waals surface area contributed by atoms with Crippen LogP contribution in [0.25, 0.3) is 0 Å². The van der Waals surface area contributed by atoms with Crippen molar-refractivity contribution in [1.82, 2.24) is 9.88 Å². The van der Waals surface area contributed by atoms with Gasteiger partial charge in [0, 0.05) is 38.9 Å². The Kier molecular flexibility index (Phi) is 4.60. The third-order valence-electron chi connectivity index (χ3n) is 3.87. The smallest absolute Gasteiger partial charge is 0.255 e. The molecule has 20 heavy (non-hydrogen) atoms. The van der Waals surface area contributed by atoms with Gasteiger partial charge in [0.25, 0.3) is 5.91 Å². The van der Waals surface area contributed by atoms with Crippen LogP contribution in [0.1, 0.15) is 36.5 Å². The van der Waals surface area contributed by atoms with Crippen LogP contribution < -0.4 is 10.6 Å². The number of amides is 1. The van der Waals surface area contributed by atoms with E-state index in [1.807, 2.05) is 43.0 Å². The Bertz CT molecular complexity index is 455. The molecule has 110 valence electrons. The fraction of sp³-hybridized carbons (Fsp3) is 0.600. The van der Waals surface area contributed by atoms with Gasteiger partial charge in [-0.3, -0.25) is 4.79 Å². The minimum Gasteiger partial charge on any atom is -0.363 e. The molecule has 1 aliphatic heterocycles. The van der Waals surface area contributed by atoms with Crippen LogP contribution in [-0.4, -0.2) is 48.5 Å². The Morgan fingerprint density at radius 1 is 1.45 bits per heavy atom. The van der Waals surface area contributed by atoms with Crippen LogP contribution in [0.5, 0.6) is 0 Å². The number of hydrogen-bond acceptors (Lipinski definition) is 4. The number of nitrogens with two attached hydrogens (primary N) is 1. The van der Waals surface area contributed by atoms with Crippen LogP contribution >= 0.6 is 0 Å². The van der Waals surface area contributed by atoms with Crippen molar-refractivity contribution in [3.63, 3.8) is 0 Å². The summed E-state index contributed by atoms with van der Waals surface area (Å²) in [7, 11) is 3.86. The van der Waals surface area contributed by atoms with Crippen LogP contribution in [0.2, 0.25) is 0 Å². The second-order valence-electron chi connectivity index (χ2n) is 5.72. The summed E-state index contributed by atoms with van der Waals surface area (Å²) in [4.78, 5) is 20.8. The molecule has 0 bridgehead atoms. The summed E-state index contributed by atoms with van der Waals surface area (Å²) in [6.45, 7) is 2.77. The topological polar surface area (TPSA) is 62.5 Å². The Morgan fingerprint density at radius 3 is 2.75 bits per heavy atom. The Hall–Kier alpha value is -1.62. The molecule has 2 N–H and O–H groups in total. The Balaban J connectivity index is 2.16. The van der Waals surface area contributed by atoms with Crippen molar-refractivity contribution >= 4 is 11.7 Å². The maximum atomic E-state index is 12.6. The van der Waals surface area contributed by atoms with Gasteiger partial charge in [0.1, 0.15) is 5.82 Å². The predicted octanol–water partition coefficient (Wildman–Crippen LogP) is 1.49. The standard InChI is InChI=1S/C15H24N4O/c1-11(16)13-6-4-5-9-19(13)15(20)12-7-8-14(17-10-12)18(2)3/h7-8,10-11,13H,4-6,9,16H2,1-3H3/t11-,13-/m0/s1. The summed E-state index contributed by atoms with van der Waals surface area (Å²) in [5, 5.41) is 0. The Morgan fingerprint density at radius 2 is 2.20 bits per heavy atom. The van der Waals surface area contributed by atoms with E-state index in [1.165, 1.54) is 0 Å². The number of anilines is 1. The number of aromatic nitrogens is 1. The molecule has 0 radical (unpaired) electrons. The summed E-state index contributed by atoms with van der Waals surface area (Å²) in [6, 6.07) is 3.87. The Labute approximate surface area is 120 Å². The van der Waals surface area contributed by atoms with Gasteiger partial charge in [-0.25, -0.2) is 4.98 Å². The van der Waals surface area contributed by atoms with Gasteiger partial charge in [0.05, 0.1) is 5.56 Å². The summed E-state index contributed by atoms with van der Waals surface area (Å²) >= 11 is 0. The molecule has 2 heterocycles. The molecule has 0 unspecified atom stereocenters. The number of nitrogens with zero attached hydrogens (tertiary/aromatic N) is 3. The molecule has 1 aliphatic rings. The second kappa shape index (κ2) is 6.22. The van der Waals surface area contributed by atoms with Crippen LogP contribution in [0.15, 0.2) is 18.3 Å². The highest BCUT2D eigenvalue weighted by molar-refractivity contribution is 5.94. The molecule has 1 aromatic heterocycles. The zero-order valence-electron chi connectivity index (χ0n) is 12.5. The molecule has 5 nitrogen and oxygen atoms in total. The number of piperidine rings is 1. The highest BCUT2D eigenvalue weighted by Crippen LogP contribution is 2.21. The van der Waals surface area contributed by atoms with Crippen molar-refractivity contribution in [3.05, 3.63) is 23.9 Å². The first-order chi connectivity index (χ1) is 9.50. The van der Waals surface area contributed by atoms with Gasteiger partial charge >= 0.3 is 0 Å². The van der Waals surface area contributed by atoms with E-state index in [0.717, 1.165) is 31.6 Å². The third kappa shape index (κ3) is 3.10. The lowest BCUT2D eigenvalue weighted by Crippen LogP contribution is -2.51. The molecule has 1 amide bonds. The number of carbonyl (C=O) groups is 1. The fourth-order valence-corrected chi connectivity index (χ4v) is 2.70. The number of rotatable bonds is 3. The molecule has 1 saturated heterocycles. The quantitative estimate of drug-likeness (QED) is 0.908. The van der Waals surface area contributed by atoms with Crippen molar-refractivity contribution < 1.29 is 4.79 Å². The van der Waals surface area contributed by atoms with Crippen molar-refractivity contribution in [3.8, 4) is 0 Å². The van der Waals surface area contributed by atoms with E-state index < -0.39 is 0 Å². The first-order valence-corrected chi connectivity index (χ1v) is 7.20. The van der Waals surface area contributed by atoms with Gasteiger partial charge in [-0.2, -0.15) is 0 Å². The van der Waals surface area contributed by atoms with E-state index >= 15 is 0 Å². The van der Waals surface area contributed by atoms with Gasteiger partial charge in [-0.1, -0.05) is 0 Å². The average molecular weight is 276 g/mol. The summed E-state index contributed by atoms with van der Waals surface area (Å²) < 4.78 is 0. The molecular formula is C15H24N4O. The van der Waals surface area contributed by atoms with E-state index in [4.69, 9.17) is 5.73 Å². The zero-order chi connectivity index (χ0) is 14.7. The first kappa shape index (κ1) is 14.8. The van der Waals surface area contributed by atoms with Crippen molar-refractivity contribution in [2.45, 2.75) is 38.3 Å². The second-order valence-corrected chi connectivity index (χ2v) is 5.72. The van der Waals surface area contributed by atoms with E-state index in [1.54, 1.807) is 6.20 Å². The van der Waals surface area contributed by atoms with Gasteiger partial charge in [0.2, 0.25) is 0 Å². The van der Waals surface area contributed by atoms with Crippen LogP contribution in [0.4, 0.5) is 5.82 Å². The molecule has 5 heteroatoms. The zero-order valence-corrected chi connectivity index (χ0v) is 12.5. The molecule has 2 atom stereocenters. The molecule has 0 spiro atoms. The fourth-order valence-electron chi connectivity index (χ4n) is 2.70. The van der Waals surface area contributed by atoms with Gasteiger partial charge in [-0.05, 0) is 38.3 Å². The molecule has 2 rings (SSSR count). The van der Waals surface area contributed by atoms with Crippen LogP contribution in [-0.2, 0) is 0 Å². The molecule has 1 fully saturated rings. The highest BCUT2D eigenvalue weighted by atomic mass is 16.2. The van der Waals surface area contributed by atoms with Gasteiger partial charge < -0.3 is 15.5 Å². The number of likely N-dealkylation sites (tertiary alicyclic amines) is 1. The van der Waals surface area contributed by atoms with Crippen LogP contribution in [0, 0.1) is 0 Å². The lowest BCUT2D eigenvalue weighted by atomic mass is 9.96. The normalized spacial score (nSPS) is 20.6. The van der Waals surface area contributed by atoms with Gasteiger partial charge in [0.15, 0.2) is 0 Å².